The smallest absolute Gasteiger partial charge is 0.134 e. The van der Waals surface area contributed by atoms with E-state index in [0.717, 1.165) is 48.7 Å². The predicted octanol–water partition coefficient (Wildman–Crippen LogP) is 2.58. The summed E-state index contributed by atoms with van der Waals surface area (Å²) < 4.78 is 0. The van der Waals surface area contributed by atoms with Gasteiger partial charge in [0.15, 0.2) is 0 Å². The monoisotopic (exact) mass is 277 g/mol. The minimum atomic E-state index is 0.834. The summed E-state index contributed by atoms with van der Waals surface area (Å²) in [5.74, 6) is 1.84. The Balaban J connectivity index is 2.02. The Kier molecular flexibility index (Phi) is 5.09. The average Bonchev–Trinajstić information content (AvgIpc) is 2.94. The molecule has 5 nitrogen and oxygen atoms in total. The van der Waals surface area contributed by atoms with Crippen molar-refractivity contribution in [3.63, 3.8) is 0 Å². The second kappa shape index (κ2) is 7.04. The molecule has 0 atom stereocenters. The molecule has 2 N–H and O–H groups in total. The van der Waals surface area contributed by atoms with Gasteiger partial charge in [0.1, 0.15) is 18.0 Å². The van der Waals surface area contributed by atoms with Crippen molar-refractivity contribution in [2.75, 3.05) is 24.2 Å². The maximum Gasteiger partial charge on any atom is 0.134 e. The second-order valence-electron chi connectivity index (χ2n) is 4.21. The van der Waals surface area contributed by atoms with Gasteiger partial charge in [0.05, 0.1) is 11.2 Å². The van der Waals surface area contributed by atoms with Crippen LogP contribution in [0.15, 0.2) is 17.2 Å². The van der Waals surface area contributed by atoms with Crippen molar-refractivity contribution in [3.8, 4) is 0 Å². The van der Waals surface area contributed by atoms with Crippen LogP contribution in [0, 0.1) is 0 Å². The van der Waals surface area contributed by atoms with Gasteiger partial charge in [-0.2, -0.15) is 0 Å². The third kappa shape index (κ3) is 3.64. The van der Waals surface area contributed by atoms with E-state index in [1.54, 1.807) is 17.7 Å². The summed E-state index contributed by atoms with van der Waals surface area (Å²) in [4.78, 5) is 12.9. The molecule has 0 radical (unpaired) electrons. The molecule has 0 fully saturated rings. The Labute approximate surface area is 117 Å². The third-order valence-electron chi connectivity index (χ3n) is 2.84. The number of anilines is 2. The number of aromatic nitrogens is 3. The number of thiazole rings is 1. The van der Waals surface area contributed by atoms with E-state index in [1.807, 2.05) is 12.6 Å². The van der Waals surface area contributed by atoms with Crippen LogP contribution in [0.25, 0.3) is 0 Å². The highest BCUT2D eigenvalue weighted by atomic mass is 32.1. The summed E-state index contributed by atoms with van der Waals surface area (Å²) >= 11 is 1.63. The van der Waals surface area contributed by atoms with E-state index in [1.165, 1.54) is 0 Å². The molecule has 2 aromatic heterocycles. The van der Waals surface area contributed by atoms with Gasteiger partial charge in [-0.1, -0.05) is 13.3 Å². The van der Waals surface area contributed by atoms with E-state index in [2.05, 4.69) is 37.9 Å². The minimum absolute atomic E-state index is 0.834. The van der Waals surface area contributed by atoms with E-state index < -0.39 is 0 Å². The number of hydrogen-bond donors (Lipinski definition) is 2. The standard InChI is InChI=1S/C13H19N5S/c1-3-4-11-12(14-2)16-8-17-13(11)15-6-5-10-7-19-9-18-10/h7-9H,3-6H2,1-2H3,(H2,14,15,16,17). The fraction of sp³-hybridized carbons (Fsp3) is 0.462. The molecule has 102 valence electrons. The van der Waals surface area contributed by atoms with Crippen molar-refractivity contribution in [2.45, 2.75) is 26.2 Å². The van der Waals surface area contributed by atoms with Gasteiger partial charge in [0.25, 0.3) is 0 Å². The Morgan fingerprint density at radius 1 is 1.16 bits per heavy atom. The van der Waals surface area contributed by atoms with Gasteiger partial charge in [0, 0.05) is 31.0 Å². The Morgan fingerprint density at radius 2 is 2.00 bits per heavy atom. The Morgan fingerprint density at radius 3 is 2.68 bits per heavy atom. The maximum absolute atomic E-state index is 4.34. The first-order chi connectivity index (χ1) is 9.35. The van der Waals surface area contributed by atoms with Gasteiger partial charge in [-0.25, -0.2) is 15.0 Å². The van der Waals surface area contributed by atoms with Crippen LogP contribution in [-0.4, -0.2) is 28.5 Å². The first-order valence-electron chi connectivity index (χ1n) is 6.47. The number of nitrogens with zero attached hydrogens (tertiary/aromatic N) is 3. The molecule has 2 rings (SSSR count). The van der Waals surface area contributed by atoms with Gasteiger partial charge < -0.3 is 10.6 Å². The molecule has 0 spiro atoms. The highest BCUT2D eigenvalue weighted by Gasteiger charge is 2.09. The van der Waals surface area contributed by atoms with Gasteiger partial charge in [0.2, 0.25) is 0 Å². The van der Waals surface area contributed by atoms with Crippen molar-refractivity contribution in [2.24, 2.45) is 0 Å². The Hall–Kier alpha value is -1.69. The summed E-state index contributed by atoms with van der Waals surface area (Å²) in [6.45, 7) is 2.99. The lowest BCUT2D eigenvalue weighted by Gasteiger charge is -2.13. The molecule has 0 amide bonds. The zero-order valence-electron chi connectivity index (χ0n) is 11.3. The van der Waals surface area contributed by atoms with Crippen molar-refractivity contribution < 1.29 is 0 Å². The zero-order chi connectivity index (χ0) is 13.5. The fourth-order valence-corrected chi connectivity index (χ4v) is 2.53. The lowest BCUT2D eigenvalue weighted by molar-refractivity contribution is 0.892. The first-order valence-corrected chi connectivity index (χ1v) is 7.42. The summed E-state index contributed by atoms with van der Waals surface area (Å²) in [6.07, 6.45) is 4.54. The van der Waals surface area contributed by atoms with Crippen LogP contribution >= 0.6 is 11.3 Å². The molecular weight excluding hydrogens is 258 g/mol. The highest BCUT2D eigenvalue weighted by Crippen LogP contribution is 2.21. The lowest BCUT2D eigenvalue weighted by Crippen LogP contribution is -2.11. The zero-order valence-corrected chi connectivity index (χ0v) is 12.1. The number of nitrogens with one attached hydrogen (secondary N) is 2. The summed E-state index contributed by atoms with van der Waals surface area (Å²) in [5.41, 5.74) is 4.14. The fourth-order valence-electron chi connectivity index (χ4n) is 1.94. The Bertz CT molecular complexity index is 498. The minimum Gasteiger partial charge on any atom is -0.373 e. The van der Waals surface area contributed by atoms with Crippen LogP contribution in [0.5, 0.6) is 0 Å². The van der Waals surface area contributed by atoms with Crippen molar-refractivity contribution in [1.82, 2.24) is 15.0 Å². The largest absolute Gasteiger partial charge is 0.373 e. The van der Waals surface area contributed by atoms with Gasteiger partial charge in [-0.15, -0.1) is 11.3 Å². The first kappa shape index (κ1) is 13.7. The van der Waals surface area contributed by atoms with Crippen LogP contribution in [0.3, 0.4) is 0 Å². The predicted molar refractivity (Wildman–Crippen MR) is 79.9 cm³/mol. The van der Waals surface area contributed by atoms with Gasteiger partial charge in [-0.05, 0) is 6.42 Å². The van der Waals surface area contributed by atoms with Crippen LogP contribution in [-0.2, 0) is 12.8 Å². The van der Waals surface area contributed by atoms with E-state index >= 15 is 0 Å². The molecule has 19 heavy (non-hydrogen) atoms. The number of hydrogen-bond acceptors (Lipinski definition) is 6. The molecule has 0 aliphatic rings. The molecule has 0 unspecified atom stereocenters. The lowest BCUT2D eigenvalue weighted by atomic mass is 10.1. The van der Waals surface area contributed by atoms with Crippen LogP contribution < -0.4 is 10.6 Å². The molecule has 0 saturated heterocycles. The second-order valence-corrected chi connectivity index (χ2v) is 4.92. The molecule has 0 aliphatic heterocycles. The van der Waals surface area contributed by atoms with Crippen LogP contribution in [0.1, 0.15) is 24.6 Å². The summed E-state index contributed by atoms with van der Waals surface area (Å²) in [5, 5.41) is 8.58. The molecule has 0 saturated carbocycles. The molecule has 2 heterocycles. The number of rotatable bonds is 7. The van der Waals surface area contributed by atoms with E-state index in [0.29, 0.717) is 0 Å². The highest BCUT2D eigenvalue weighted by molar-refractivity contribution is 7.07. The van der Waals surface area contributed by atoms with Crippen molar-refractivity contribution >= 4 is 23.0 Å². The molecular formula is C13H19N5S. The van der Waals surface area contributed by atoms with Gasteiger partial charge in [-0.3, -0.25) is 0 Å². The van der Waals surface area contributed by atoms with Crippen molar-refractivity contribution in [3.05, 3.63) is 28.5 Å². The van der Waals surface area contributed by atoms with Crippen LogP contribution in [0.2, 0.25) is 0 Å². The summed E-state index contributed by atoms with van der Waals surface area (Å²) in [6, 6.07) is 0. The average molecular weight is 277 g/mol. The van der Waals surface area contributed by atoms with E-state index in [4.69, 9.17) is 0 Å². The quantitative estimate of drug-likeness (QED) is 0.814. The van der Waals surface area contributed by atoms with Crippen LogP contribution in [0.4, 0.5) is 11.6 Å². The van der Waals surface area contributed by atoms with E-state index in [-0.39, 0.29) is 0 Å². The third-order valence-corrected chi connectivity index (χ3v) is 3.47. The SMILES string of the molecule is CCCc1c(NC)ncnc1NCCc1cscn1. The van der Waals surface area contributed by atoms with Gasteiger partial charge >= 0.3 is 0 Å². The summed E-state index contributed by atoms with van der Waals surface area (Å²) in [7, 11) is 1.89. The topological polar surface area (TPSA) is 62.7 Å². The van der Waals surface area contributed by atoms with E-state index in [9.17, 15) is 0 Å². The van der Waals surface area contributed by atoms with Crippen molar-refractivity contribution in [1.29, 1.82) is 0 Å². The molecule has 6 heteroatoms. The molecule has 0 aliphatic carbocycles. The normalized spacial score (nSPS) is 10.4. The maximum atomic E-state index is 4.34. The molecule has 2 aromatic rings. The molecule has 0 bridgehead atoms. The molecule has 0 aromatic carbocycles.